The Balaban J connectivity index is 1.39. The fourth-order valence-electron chi connectivity index (χ4n) is 3.68. The zero-order valence-corrected chi connectivity index (χ0v) is 12.5. The van der Waals surface area contributed by atoms with Crippen molar-refractivity contribution in [3.8, 4) is 0 Å². The highest BCUT2D eigenvalue weighted by Gasteiger charge is 2.51. The van der Waals surface area contributed by atoms with Crippen molar-refractivity contribution < 1.29 is 9.59 Å². The molecule has 2 aliphatic rings. The minimum absolute atomic E-state index is 0.151. The summed E-state index contributed by atoms with van der Waals surface area (Å²) in [7, 11) is 0. The molecule has 2 fully saturated rings. The Morgan fingerprint density at radius 1 is 1.14 bits per heavy atom. The normalized spacial score (nSPS) is 29.3. The van der Waals surface area contributed by atoms with E-state index in [0.29, 0.717) is 23.6 Å². The number of hydrogen-bond acceptors (Lipinski definition) is 3. The second kappa shape index (κ2) is 5.61. The second-order valence-corrected chi connectivity index (χ2v) is 6.66. The molecule has 6 nitrogen and oxygen atoms in total. The Kier molecular flexibility index (Phi) is 3.78. The van der Waals surface area contributed by atoms with E-state index in [4.69, 9.17) is 11.5 Å². The maximum absolute atomic E-state index is 11.9. The third-order valence-corrected chi connectivity index (χ3v) is 4.78. The van der Waals surface area contributed by atoms with Crippen molar-refractivity contribution in [1.29, 1.82) is 0 Å². The Hall–Kier alpha value is -2.08. The van der Waals surface area contributed by atoms with Crippen molar-refractivity contribution >= 4 is 11.9 Å². The van der Waals surface area contributed by atoms with Crippen LogP contribution in [0.2, 0.25) is 0 Å². The van der Waals surface area contributed by atoms with Crippen LogP contribution in [0.1, 0.15) is 41.6 Å². The molecule has 0 heterocycles. The lowest BCUT2D eigenvalue weighted by molar-refractivity contribution is -0.0139. The molecule has 0 aliphatic heterocycles. The van der Waals surface area contributed by atoms with E-state index < -0.39 is 5.91 Å². The predicted octanol–water partition coefficient (Wildman–Crippen LogP) is 0.855. The molecule has 6 heteroatoms. The summed E-state index contributed by atoms with van der Waals surface area (Å²) < 4.78 is 0. The summed E-state index contributed by atoms with van der Waals surface area (Å²) in [6, 6.07) is 7.37. The van der Waals surface area contributed by atoms with E-state index in [1.807, 2.05) is 0 Å². The van der Waals surface area contributed by atoms with Gasteiger partial charge in [-0.15, -0.1) is 0 Å². The van der Waals surface area contributed by atoms with E-state index in [0.717, 1.165) is 31.2 Å². The highest BCUT2D eigenvalue weighted by molar-refractivity contribution is 5.92. The van der Waals surface area contributed by atoms with Gasteiger partial charge in [-0.05, 0) is 48.8 Å². The smallest absolute Gasteiger partial charge is 0.315 e. The molecule has 0 bridgehead atoms. The average molecular weight is 302 g/mol. The first-order chi connectivity index (χ1) is 10.5. The van der Waals surface area contributed by atoms with E-state index in [1.165, 1.54) is 0 Å². The number of rotatable bonds is 4. The van der Waals surface area contributed by atoms with Gasteiger partial charge < -0.3 is 22.1 Å². The number of amides is 3. The lowest BCUT2D eigenvalue weighted by Gasteiger charge is -2.56. The number of benzene rings is 1. The lowest BCUT2D eigenvalue weighted by Crippen LogP contribution is -2.60. The topological polar surface area (TPSA) is 110 Å². The van der Waals surface area contributed by atoms with E-state index in [9.17, 15) is 9.59 Å². The van der Waals surface area contributed by atoms with E-state index in [2.05, 4.69) is 10.6 Å². The summed E-state index contributed by atoms with van der Waals surface area (Å²) >= 11 is 0. The molecule has 3 rings (SSSR count). The maximum atomic E-state index is 11.9. The number of carbonyl (C=O) groups is 2. The van der Waals surface area contributed by atoms with Gasteiger partial charge in [0, 0.05) is 24.2 Å². The monoisotopic (exact) mass is 302 g/mol. The van der Waals surface area contributed by atoms with Crippen LogP contribution in [0.15, 0.2) is 24.3 Å². The van der Waals surface area contributed by atoms with Gasteiger partial charge >= 0.3 is 6.03 Å². The summed E-state index contributed by atoms with van der Waals surface area (Å²) in [5.74, 6) is -0.452. The van der Waals surface area contributed by atoms with Crippen molar-refractivity contribution in [2.24, 2.45) is 16.9 Å². The van der Waals surface area contributed by atoms with Crippen LogP contribution in [0, 0.1) is 5.41 Å². The molecule has 6 N–H and O–H groups in total. The van der Waals surface area contributed by atoms with Gasteiger partial charge in [0.25, 0.3) is 0 Å². The van der Waals surface area contributed by atoms with Crippen molar-refractivity contribution in [2.45, 2.75) is 44.3 Å². The first-order valence-corrected chi connectivity index (χ1v) is 7.64. The lowest BCUT2D eigenvalue weighted by atomic mass is 9.52. The molecule has 0 saturated heterocycles. The molecule has 0 radical (unpaired) electrons. The van der Waals surface area contributed by atoms with Gasteiger partial charge in [-0.1, -0.05) is 12.1 Å². The molecule has 2 aliphatic carbocycles. The Morgan fingerprint density at radius 2 is 1.77 bits per heavy atom. The Morgan fingerprint density at radius 3 is 2.32 bits per heavy atom. The van der Waals surface area contributed by atoms with Crippen LogP contribution in [-0.2, 0) is 6.54 Å². The van der Waals surface area contributed by atoms with Gasteiger partial charge in [-0.2, -0.15) is 0 Å². The zero-order valence-electron chi connectivity index (χ0n) is 12.5. The fourth-order valence-corrected chi connectivity index (χ4v) is 3.68. The second-order valence-electron chi connectivity index (χ2n) is 6.66. The van der Waals surface area contributed by atoms with Crippen LogP contribution >= 0.6 is 0 Å². The number of urea groups is 1. The predicted molar refractivity (Wildman–Crippen MR) is 83.0 cm³/mol. The molecule has 22 heavy (non-hydrogen) atoms. The molecule has 2 saturated carbocycles. The number of nitrogens with two attached hydrogens (primary N) is 2. The van der Waals surface area contributed by atoms with Crippen LogP contribution in [0.3, 0.4) is 0 Å². The number of carbonyl (C=O) groups excluding carboxylic acids is 2. The van der Waals surface area contributed by atoms with Gasteiger partial charge in [0.05, 0.1) is 0 Å². The van der Waals surface area contributed by atoms with Crippen molar-refractivity contribution in [1.82, 2.24) is 10.6 Å². The van der Waals surface area contributed by atoms with Gasteiger partial charge in [0.2, 0.25) is 5.91 Å². The van der Waals surface area contributed by atoms with Crippen molar-refractivity contribution in [3.63, 3.8) is 0 Å². The summed E-state index contributed by atoms with van der Waals surface area (Å²) in [4.78, 5) is 22.8. The van der Waals surface area contributed by atoms with Crippen LogP contribution in [0.5, 0.6) is 0 Å². The molecule has 1 spiro atoms. The summed E-state index contributed by atoms with van der Waals surface area (Å²) in [6.07, 6.45) is 4.28. The first kappa shape index (κ1) is 14.8. The summed E-state index contributed by atoms with van der Waals surface area (Å²) in [6.45, 7) is 0.424. The first-order valence-electron chi connectivity index (χ1n) is 7.64. The van der Waals surface area contributed by atoms with E-state index in [1.54, 1.807) is 24.3 Å². The molecule has 0 aromatic heterocycles. The highest BCUT2D eigenvalue weighted by Crippen LogP contribution is 2.55. The molecule has 1 aromatic rings. The van der Waals surface area contributed by atoms with Gasteiger partial charge in [0.1, 0.15) is 0 Å². The third kappa shape index (κ3) is 3.06. The van der Waals surface area contributed by atoms with Gasteiger partial charge in [-0.3, -0.25) is 4.79 Å². The molecule has 118 valence electrons. The molecule has 1 aromatic carbocycles. The molecule has 3 amide bonds. The van der Waals surface area contributed by atoms with E-state index >= 15 is 0 Å². The molecular weight excluding hydrogens is 280 g/mol. The Labute approximate surface area is 129 Å². The Bertz CT molecular complexity index is 570. The summed E-state index contributed by atoms with van der Waals surface area (Å²) in [5.41, 5.74) is 12.8. The zero-order chi connectivity index (χ0) is 15.7. The number of primary amides is 1. The number of nitrogens with one attached hydrogen (secondary N) is 2. The highest BCUT2D eigenvalue weighted by atomic mass is 16.2. The average Bonchev–Trinajstić information content (AvgIpc) is 2.41. The van der Waals surface area contributed by atoms with Crippen LogP contribution in [0.25, 0.3) is 0 Å². The minimum Gasteiger partial charge on any atom is -0.366 e. The van der Waals surface area contributed by atoms with Crippen LogP contribution in [0.4, 0.5) is 4.79 Å². The number of hydrogen-bond donors (Lipinski definition) is 4. The molecule has 0 atom stereocenters. The van der Waals surface area contributed by atoms with Gasteiger partial charge in [-0.25, -0.2) is 4.79 Å². The third-order valence-electron chi connectivity index (χ3n) is 4.78. The van der Waals surface area contributed by atoms with Crippen molar-refractivity contribution in [2.75, 3.05) is 0 Å². The maximum Gasteiger partial charge on any atom is 0.315 e. The minimum atomic E-state index is -0.452. The van der Waals surface area contributed by atoms with Crippen LogP contribution in [-0.4, -0.2) is 24.0 Å². The standard InChI is InChI=1S/C16H22N4O2/c17-12-5-16(6-12)7-13(8-16)20-15(22)19-9-10-1-3-11(4-2-10)14(18)21/h1-4,12-13H,5-9,17H2,(H2,18,21)(H2,19,20,22). The van der Waals surface area contributed by atoms with Crippen LogP contribution < -0.4 is 22.1 Å². The molecule has 0 unspecified atom stereocenters. The van der Waals surface area contributed by atoms with Gasteiger partial charge in [0.15, 0.2) is 0 Å². The largest absolute Gasteiger partial charge is 0.366 e. The fraction of sp³-hybridized carbons (Fsp3) is 0.500. The van der Waals surface area contributed by atoms with Crippen molar-refractivity contribution in [3.05, 3.63) is 35.4 Å². The summed E-state index contributed by atoms with van der Waals surface area (Å²) in [5, 5.41) is 5.82. The quantitative estimate of drug-likeness (QED) is 0.662. The SMILES string of the molecule is NC(=O)c1ccc(CNC(=O)NC2CC3(CC(N)C3)C2)cc1. The molecular formula is C16H22N4O2. The van der Waals surface area contributed by atoms with E-state index in [-0.39, 0.29) is 12.1 Å².